The number of nitrogens with zero attached hydrogens (tertiary/aromatic N) is 4. The van der Waals surface area contributed by atoms with E-state index in [2.05, 4.69) is 78.9 Å². The van der Waals surface area contributed by atoms with Crippen LogP contribution in [-0.4, -0.2) is 19.9 Å². The lowest BCUT2D eigenvalue weighted by Gasteiger charge is -2.09. The highest BCUT2D eigenvalue weighted by molar-refractivity contribution is 7.21. The number of thiazole rings is 1. The van der Waals surface area contributed by atoms with E-state index in [4.69, 9.17) is 28.8 Å². The van der Waals surface area contributed by atoms with Crippen LogP contribution in [0.1, 0.15) is 0 Å². The number of benzene rings is 7. The van der Waals surface area contributed by atoms with Crippen LogP contribution in [0, 0.1) is 0 Å². The van der Waals surface area contributed by atoms with Gasteiger partial charge in [0, 0.05) is 38.2 Å². The molecule has 248 valence electrons. The van der Waals surface area contributed by atoms with Gasteiger partial charge in [-0.15, -0.1) is 11.3 Å². The van der Waals surface area contributed by atoms with E-state index in [1.165, 1.54) is 4.70 Å². The summed E-state index contributed by atoms with van der Waals surface area (Å²) in [6, 6.07) is 53.5. The Balaban J connectivity index is 1.06. The molecule has 0 amide bonds. The molecule has 0 fully saturated rings. The molecule has 6 nitrogen and oxygen atoms in total. The Morgan fingerprint density at radius 1 is 0.396 bits per heavy atom. The zero-order valence-electron chi connectivity index (χ0n) is 28.0. The summed E-state index contributed by atoms with van der Waals surface area (Å²) in [6.45, 7) is 0. The number of fused-ring (bicyclic) bond motifs is 7. The Morgan fingerprint density at radius 2 is 1.08 bits per heavy atom. The number of hydrogen-bond donors (Lipinski definition) is 0. The maximum absolute atomic E-state index is 6.56. The molecule has 0 unspecified atom stereocenters. The molecule has 0 saturated heterocycles. The molecule has 11 rings (SSSR count). The van der Waals surface area contributed by atoms with Gasteiger partial charge in [0.15, 0.2) is 17.5 Å². The molecule has 7 heteroatoms. The Labute approximate surface area is 306 Å². The van der Waals surface area contributed by atoms with E-state index >= 15 is 0 Å². The van der Waals surface area contributed by atoms with Gasteiger partial charge in [0.1, 0.15) is 27.3 Å². The van der Waals surface area contributed by atoms with Gasteiger partial charge in [-0.05, 0) is 59.7 Å². The Hall–Kier alpha value is -6.96. The molecule has 0 saturated carbocycles. The van der Waals surface area contributed by atoms with E-state index in [0.29, 0.717) is 17.5 Å². The van der Waals surface area contributed by atoms with Crippen LogP contribution in [0.15, 0.2) is 167 Å². The average molecular weight is 699 g/mol. The summed E-state index contributed by atoms with van der Waals surface area (Å²) in [4.78, 5) is 20.1. The van der Waals surface area contributed by atoms with Crippen molar-refractivity contribution in [1.82, 2.24) is 19.9 Å². The number of para-hydroxylation sites is 3. The fourth-order valence-corrected chi connectivity index (χ4v) is 8.24. The van der Waals surface area contributed by atoms with Crippen molar-refractivity contribution in [3.63, 3.8) is 0 Å². The smallest absolute Gasteiger partial charge is 0.167 e. The second kappa shape index (κ2) is 11.8. The number of hydrogen-bond acceptors (Lipinski definition) is 7. The molecule has 7 aromatic carbocycles. The molecule has 53 heavy (non-hydrogen) atoms. The summed E-state index contributed by atoms with van der Waals surface area (Å²) in [5.74, 6) is 1.68. The standard InChI is InChI=1S/C46H26N4O2S/c1-2-11-27(12-3-1)43-48-44(50-45(49-43)35-18-9-16-32-31-15-4-6-20-37(31)52-42(32)35)34-17-10-21-38-41(34)33-24-23-29(26-39(33)51-38)28-13-8-14-30(25-28)46-47-36-19-5-7-22-40(36)53-46/h1-26H. The molecule has 0 atom stereocenters. The first-order valence-electron chi connectivity index (χ1n) is 17.4. The van der Waals surface area contributed by atoms with Crippen molar-refractivity contribution in [2.45, 2.75) is 0 Å². The third kappa shape index (κ3) is 4.93. The molecule has 0 N–H and O–H groups in total. The van der Waals surface area contributed by atoms with Crippen LogP contribution in [0.25, 0.3) is 110 Å². The highest BCUT2D eigenvalue weighted by Gasteiger charge is 2.20. The van der Waals surface area contributed by atoms with Gasteiger partial charge in [0.2, 0.25) is 0 Å². The second-order valence-electron chi connectivity index (χ2n) is 13.0. The first-order chi connectivity index (χ1) is 26.2. The van der Waals surface area contributed by atoms with Gasteiger partial charge in [0.05, 0.1) is 15.8 Å². The van der Waals surface area contributed by atoms with Crippen LogP contribution >= 0.6 is 11.3 Å². The summed E-state index contributed by atoms with van der Waals surface area (Å²) in [6.07, 6.45) is 0. The fraction of sp³-hybridized carbons (Fsp3) is 0. The topological polar surface area (TPSA) is 77.8 Å². The number of aromatic nitrogens is 4. The quantitative estimate of drug-likeness (QED) is 0.178. The lowest BCUT2D eigenvalue weighted by Crippen LogP contribution is -2.00. The highest BCUT2D eigenvalue weighted by Crippen LogP contribution is 2.40. The Morgan fingerprint density at radius 3 is 2.00 bits per heavy atom. The van der Waals surface area contributed by atoms with E-state index < -0.39 is 0 Å². The molecular weight excluding hydrogens is 673 g/mol. The number of rotatable bonds is 5. The Kier molecular flexibility index (Phi) is 6.62. The predicted molar refractivity (Wildman–Crippen MR) is 215 cm³/mol. The minimum Gasteiger partial charge on any atom is -0.456 e. The van der Waals surface area contributed by atoms with Gasteiger partial charge in [-0.2, -0.15) is 0 Å². The molecule has 0 radical (unpaired) electrons. The summed E-state index contributed by atoms with van der Waals surface area (Å²) >= 11 is 1.71. The molecule has 4 heterocycles. The van der Waals surface area contributed by atoms with Gasteiger partial charge in [-0.25, -0.2) is 19.9 Å². The number of furan rings is 2. The zero-order chi connectivity index (χ0) is 34.9. The monoisotopic (exact) mass is 698 g/mol. The molecule has 0 bridgehead atoms. The van der Waals surface area contributed by atoms with Gasteiger partial charge < -0.3 is 8.83 Å². The first kappa shape index (κ1) is 29.7. The normalized spacial score (nSPS) is 11.8. The van der Waals surface area contributed by atoms with Crippen LogP contribution in [-0.2, 0) is 0 Å². The first-order valence-corrected chi connectivity index (χ1v) is 18.2. The van der Waals surface area contributed by atoms with E-state index in [-0.39, 0.29) is 0 Å². The van der Waals surface area contributed by atoms with Crippen molar-refractivity contribution >= 4 is 65.4 Å². The van der Waals surface area contributed by atoms with Crippen LogP contribution < -0.4 is 0 Å². The molecule has 4 aromatic heterocycles. The summed E-state index contributed by atoms with van der Waals surface area (Å²) < 4.78 is 14.2. The maximum atomic E-state index is 6.56. The minimum atomic E-state index is 0.540. The maximum Gasteiger partial charge on any atom is 0.167 e. The lowest BCUT2D eigenvalue weighted by molar-refractivity contribution is 0.668. The van der Waals surface area contributed by atoms with E-state index in [9.17, 15) is 0 Å². The highest BCUT2D eigenvalue weighted by atomic mass is 32.1. The minimum absolute atomic E-state index is 0.540. The fourth-order valence-electron chi connectivity index (χ4n) is 7.28. The van der Waals surface area contributed by atoms with E-state index in [1.807, 2.05) is 78.9 Å². The lowest BCUT2D eigenvalue weighted by atomic mass is 10.00. The summed E-state index contributed by atoms with van der Waals surface area (Å²) in [5.41, 5.74) is 9.97. The van der Waals surface area contributed by atoms with Crippen molar-refractivity contribution in [2.24, 2.45) is 0 Å². The average Bonchev–Trinajstić information content (AvgIpc) is 3.94. The van der Waals surface area contributed by atoms with Gasteiger partial charge >= 0.3 is 0 Å². The molecule has 0 aliphatic carbocycles. The largest absolute Gasteiger partial charge is 0.456 e. The van der Waals surface area contributed by atoms with Crippen LogP contribution in [0.3, 0.4) is 0 Å². The predicted octanol–water partition coefficient (Wildman–Crippen LogP) is 12.6. The van der Waals surface area contributed by atoms with Gasteiger partial charge in [0.25, 0.3) is 0 Å². The van der Waals surface area contributed by atoms with Crippen LogP contribution in [0.4, 0.5) is 0 Å². The van der Waals surface area contributed by atoms with Crippen molar-refractivity contribution < 1.29 is 8.83 Å². The van der Waals surface area contributed by atoms with Crippen molar-refractivity contribution in [3.05, 3.63) is 158 Å². The molecular formula is C46H26N4O2S. The summed E-state index contributed by atoms with van der Waals surface area (Å²) in [7, 11) is 0. The third-order valence-corrected chi connectivity index (χ3v) is 10.9. The van der Waals surface area contributed by atoms with Crippen LogP contribution in [0.5, 0.6) is 0 Å². The zero-order valence-corrected chi connectivity index (χ0v) is 28.8. The third-order valence-electron chi connectivity index (χ3n) is 9.79. The molecule has 11 aromatic rings. The van der Waals surface area contributed by atoms with Gasteiger partial charge in [-0.1, -0.05) is 109 Å². The van der Waals surface area contributed by atoms with E-state index in [1.54, 1.807) is 11.3 Å². The van der Waals surface area contributed by atoms with Crippen LogP contribution in [0.2, 0.25) is 0 Å². The molecule has 0 aliphatic heterocycles. The van der Waals surface area contributed by atoms with Crippen molar-refractivity contribution in [1.29, 1.82) is 0 Å². The summed E-state index contributed by atoms with van der Waals surface area (Å²) in [5, 5.41) is 5.02. The van der Waals surface area contributed by atoms with Crippen molar-refractivity contribution in [2.75, 3.05) is 0 Å². The SMILES string of the molecule is c1ccc(-c2nc(-c3cccc4c3oc3ccccc34)nc(-c3cccc4oc5cc(-c6cccc(-c7nc8ccccc8s7)c6)ccc5c34)n2)cc1. The van der Waals surface area contributed by atoms with Gasteiger partial charge in [-0.3, -0.25) is 0 Å². The Bertz CT molecular complexity index is 3160. The molecule has 0 spiro atoms. The molecule has 0 aliphatic rings. The second-order valence-corrected chi connectivity index (χ2v) is 14.0. The van der Waals surface area contributed by atoms with Crippen molar-refractivity contribution in [3.8, 4) is 55.9 Å². The van der Waals surface area contributed by atoms with E-state index in [0.717, 1.165) is 87.8 Å².